The summed E-state index contributed by atoms with van der Waals surface area (Å²) in [5.74, 6) is -0.449. The number of halogens is 2. The van der Waals surface area contributed by atoms with Gasteiger partial charge in [0, 0.05) is 27.2 Å². The highest BCUT2D eigenvalue weighted by molar-refractivity contribution is 7.09. The summed E-state index contributed by atoms with van der Waals surface area (Å²) in [5, 5.41) is 10.6. The van der Waals surface area contributed by atoms with Gasteiger partial charge in [-0.3, -0.25) is 10.1 Å². The minimum absolute atomic E-state index is 0.0605. The Balaban J connectivity index is 1.68. The third-order valence-corrected chi connectivity index (χ3v) is 4.18. The molecule has 122 valence electrons. The fraction of sp³-hybridized carbons (Fsp3) is 0.200. The molecular formula is C15H15Cl2N3O2S. The van der Waals surface area contributed by atoms with E-state index in [9.17, 15) is 9.59 Å². The van der Waals surface area contributed by atoms with E-state index in [-0.39, 0.29) is 6.54 Å². The maximum absolute atomic E-state index is 11.7. The molecule has 23 heavy (non-hydrogen) atoms. The predicted octanol–water partition coefficient (Wildman–Crippen LogP) is 3.54. The van der Waals surface area contributed by atoms with Crippen LogP contribution in [0.5, 0.6) is 0 Å². The number of carbonyl (C=O) groups is 2. The van der Waals surface area contributed by atoms with Gasteiger partial charge in [-0.05, 0) is 36.1 Å². The van der Waals surface area contributed by atoms with Crippen molar-refractivity contribution in [3.8, 4) is 0 Å². The number of thiophene rings is 1. The summed E-state index contributed by atoms with van der Waals surface area (Å²) in [7, 11) is 0. The van der Waals surface area contributed by atoms with E-state index in [0.29, 0.717) is 22.3 Å². The molecule has 2 rings (SSSR count). The second-order valence-corrected chi connectivity index (χ2v) is 6.55. The maximum atomic E-state index is 11.7. The normalized spacial score (nSPS) is 10.2. The highest BCUT2D eigenvalue weighted by atomic mass is 35.5. The van der Waals surface area contributed by atoms with Crippen molar-refractivity contribution >= 4 is 52.2 Å². The van der Waals surface area contributed by atoms with Gasteiger partial charge in [0.1, 0.15) is 0 Å². The summed E-state index contributed by atoms with van der Waals surface area (Å²) in [4.78, 5) is 24.5. The number of amides is 3. The first-order chi connectivity index (χ1) is 11.0. The van der Waals surface area contributed by atoms with Crippen LogP contribution in [0.25, 0.3) is 0 Å². The molecule has 0 spiro atoms. The Labute approximate surface area is 148 Å². The largest absolute Gasteiger partial charge is 0.376 e. The number of imide groups is 1. The summed E-state index contributed by atoms with van der Waals surface area (Å²) in [6.45, 7) is 0.409. The average Bonchev–Trinajstić information content (AvgIpc) is 2.97. The zero-order chi connectivity index (χ0) is 16.7. The highest BCUT2D eigenvalue weighted by Crippen LogP contribution is 2.22. The Kier molecular flexibility index (Phi) is 6.70. The number of rotatable bonds is 6. The summed E-state index contributed by atoms with van der Waals surface area (Å²) in [6, 6.07) is 8.31. The monoisotopic (exact) mass is 371 g/mol. The Morgan fingerprint density at radius 3 is 2.52 bits per heavy atom. The van der Waals surface area contributed by atoms with E-state index >= 15 is 0 Å². The summed E-state index contributed by atoms with van der Waals surface area (Å²) in [6.07, 6.45) is 0.735. The molecule has 0 radical (unpaired) electrons. The van der Waals surface area contributed by atoms with Crippen molar-refractivity contribution in [1.29, 1.82) is 0 Å². The van der Waals surface area contributed by atoms with E-state index < -0.39 is 11.9 Å². The van der Waals surface area contributed by atoms with Crippen molar-refractivity contribution in [3.05, 3.63) is 50.6 Å². The highest BCUT2D eigenvalue weighted by Gasteiger charge is 2.07. The molecule has 1 heterocycles. The molecule has 0 fully saturated rings. The minimum atomic E-state index is -0.516. The lowest BCUT2D eigenvalue weighted by Crippen LogP contribution is -2.42. The number of benzene rings is 1. The average molecular weight is 372 g/mol. The van der Waals surface area contributed by atoms with E-state index in [1.54, 1.807) is 29.5 Å². The van der Waals surface area contributed by atoms with Gasteiger partial charge in [0.05, 0.1) is 6.54 Å². The molecule has 2 aromatic rings. The second-order valence-electron chi connectivity index (χ2n) is 4.65. The molecule has 1 aromatic carbocycles. The fourth-order valence-corrected chi connectivity index (χ4v) is 3.04. The molecular weight excluding hydrogens is 357 g/mol. The van der Waals surface area contributed by atoms with Crippen LogP contribution in [-0.2, 0) is 11.2 Å². The zero-order valence-corrected chi connectivity index (χ0v) is 14.4. The van der Waals surface area contributed by atoms with E-state index in [1.807, 2.05) is 17.5 Å². The molecule has 3 amide bonds. The lowest BCUT2D eigenvalue weighted by Gasteiger charge is -2.09. The lowest BCUT2D eigenvalue weighted by molar-refractivity contribution is -0.118. The van der Waals surface area contributed by atoms with Crippen LogP contribution in [-0.4, -0.2) is 25.0 Å². The molecule has 0 unspecified atom stereocenters. The van der Waals surface area contributed by atoms with Crippen molar-refractivity contribution in [2.45, 2.75) is 6.42 Å². The SMILES string of the molecule is O=C(CNc1cc(Cl)cc(Cl)c1)NC(=O)NCCc1cccs1. The van der Waals surface area contributed by atoms with Crippen LogP contribution < -0.4 is 16.0 Å². The van der Waals surface area contributed by atoms with Crippen LogP contribution in [0.15, 0.2) is 35.7 Å². The van der Waals surface area contributed by atoms with Gasteiger partial charge in [-0.2, -0.15) is 0 Å². The van der Waals surface area contributed by atoms with Crippen LogP contribution in [0.4, 0.5) is 10.5 Å². The second kappa shape index (κ2) is 8.76. The number of hydrogen-bond acceptors (Lipinski definition) is 4. The van der Waals surface area contributed by atoms with Crippen LogP contribution in [0.2, 0.25) is 10.0 Å². The van der Waals surface area contributed by atoms with Crippen LogP contribution in [0.3, 0.4) is 0 Å². The van der Waals surface area contributed by atoms with Crippen molar-refractivity contribution in [2.75, 3.05) is 18.4 Å². The standard InChI is InChI=1S/C15H15Cl2N3O2S/c16-10-6-11(17)8-12(7-10)19-9-14(21)20-15(22)18-4-3-13-2-1-5-23-13/h1-2,5-8,19H,3-4,9H2,(H2,18,20,21,22). The molecule has 3 N–H and O–H groups in total. The van der Waals surface area contributed by atoms with Crippen molar-refractivity contribution in [1.82, 2.24) is 10.6 Å². The first-order valence-corrected chi connectivity index (χ1v) is 8.46. The molecule has 0 atom stereocenters. The summed E-state index contributed by atoms with van der Waals surface area (Å²) < 4.78 is 0. The Morgan fingerprint density at radius 2 is 1.87 bits per heavy atom. The van der Waals surface area contributed by atoms with Gasteiger partial charge in [0.25, 0.3) is 0 Å². The molecule has 0 saturated heterocycles. The number of carbonyl (C=O) groups excluding carboxylic acids is 2. The van der Waals surface area contributed by atoms with Gasteiger partial charge in [-0.1, -0.05) is 29.3 Å². The molecule has 1 aromatic heterocycles. The van der Waals surface area contributed by atoms with E-state index in [4.69, 9.17) is 23.2 Å². The summed E-state index contributed by atoms with van der Waals surface area (Å²) >= 11 is 13.3. The fourth-order valence-electron chi connectivity index (χ4n) is 1.81. The number of urea groups is 1. The molecule has 0 aliphatic rings. The summed E-state index contributed by atoms with van der Waals surface area (Å²) in [5.41, 5.74) is 0.607. The Bertz CT molecular complexity index is 657. The molecule has 0 bridgehead atoms. The smallest absolute Gasteiger partial charge is 0.321 e. The first kappa shape index (κ1) is 17.6. The predicted molar refractivity (Wildman–Crippen MR) is 94.5 cm³/mol. The van der Waals surface area contributed by atoms with Crippen LogP contribution in [0, 0.1) is 0 Å². The quantitative estimate of drug-likeness (QED) is 0.727. The van der Waals surface area contributed by atoms with Gasteiger partial charge < -0.3 is 10.6 Å². The van der Waals surface area contributed by atoms with Crippen molar-refractivity contribution in [2.24, 2.45) is 0 Å². The van der Waals surface area contributed by atoms with Crippen LogP contribution in [0.1, 0.15) is 4.88 Å². The van der Waals surface area contributed by atoms with E-state index in [0.717, 1.165) is 6.42 Å². The maximum Gasteiger partial charge on any atom is 0.321 e. The molecule has 5 nitrogen and oxygen atoms in total. The molecule has 0 aliphatic heterocycles. The van der Waals surface area contributed by atoms with Gasteiger partial charge in [0.15, 0.2) is 0 Å². The van der Waals surface area contributed by atoms with Crippen LogP contribution >= 0.6 is 34.5 Å². The number of hydrogen-bond donors (Lipinski definition) is 3. The van der Waals surface area contributed by atoms with E-state index in [1.165, 1.54) is 4.88 Å². The van der Waals surface area contributed by atoms with Crippen molar-refractivity contribution in [3.63, 3.8) is 0 Å². The zero-order valence-electron chi connectivity index (χ0n) is 12.1. The van der Waals surface area contributed by atoms with Crippen molar-refractivity contribution < 1.29 is 9.59 Å². The Hall–Kier alpha value is -1.76. The minimum Gasteiger partial charge on any atom is -0.376 e. The number of anilines is 1. The van der Waals surface area contributed by atoms with Gasteiger partial charge in [-0.25, -0.2) is 4.79 Å². The third-order valence-electron chi connectivity index (χ3n) is 2.81. The lowest BCUT2D eigenvalue weighted by atomic mass is 10.3. The van der Waals surface area contributed by atoms with Gasteiger partial charge in [-0.15, -0.1) is 11.3 Å². The van der Waals surface area contributed by atoms with E-state index in [2.05, 4.69) is 16.0 Å². The third kappa shape index (κ3) is 6.48. The molecule has 8 heteroatoms. The van der Waals surface area contributed by atoms with Gasteiger partial charge in [0.2, 0.25) is 5.91 Å². The molecule has 0 aliphatic carbocycles. The topological polar surface area (TPSA) is 70.2 Å². The Morgan fingerprint density at radius 1 is 1.13 bits per heavy atom. The number of nitrogens with one attached hydrogen (secondary N) is 3. The molecule has 0 saturated carbocycles. The first-order valence-electron chi connectivity index (χ1n) is 6.83. The van der Waals surface area contributed by atoms with Gasteiger partial charge >= 0.3 is 6.03 Å².